The second-order valence-corrected chi connectivity index (χ2v) is 10.0. The largest absolute Gasteiger partial charge is 0.377 e. The molecule has 1 heterocycles. The van der Waals surface area contributed by atoms with Crippen LogP contribution in [-0.4, -0.2) is 19.0 Å². The van der Waals surface area contributed by atoms with Crippen molar-refractivity contribution in [3.8, 4) is 0 Å². The van der Waals surface area contributed by atoms with Gasteiger partial charge in [0.2, 0.25) is 0 Å². The summed E-state index contributed by atoms with van der Waals surface area (Å²) in [6, 6.07) is 26.8. The van der Waals surface area contributed by atoms with E-state index in [1.54, 1.807) is 0 Å². The number of halogens is 1. The summed E-state index contributed by atoms with van der Waals surface area (Å²) < 4.78 is 40.2. The fourth-order valence-electron chi connectivity index (χ4n) is 3.54. The normalized spacial score (nSPS) is 16.4. The third-order valence-corrected chi connectivity index (χ3v) is 7.55. The van der Waals surface area contributed by atoms with E-state index in [2.05, 4.69) is 0 Å². The smallest absolute Gasteiger partial charge is 0.148 e. The highest BCUT2D eigenvalue weighted by Gasteiger charge is 2.32. The molecule has 3 aromatic rings. The monoisotopic (exact) mass is 467 g/mol. The number of anilines is 1. The Hall–Kier alpha value is -2.71. The van der Waals surface area contributed by atoms with E-state index in [0.29, 0.717) is 9.77 Å². The molecule has 0 amide bonds. The molecule has 0 aliphatic carbocycles. The fourth-order valence-corrected chi connectivity index (χ4v) is 6.11. The summed E-state index contributed by atoms with van der Waals surface area (Å²) in [4.78, 5) is 3.28. The summed E-state index contributed by atoms with van der Waals surface area (Å²) >= 11 is 0. The van der Waals surface area contributed by atoms with Gasteiger partial charge in [0.15, 0.2) is 0 Å². The summed E-state index contributed by atoms with van der Waals surface area (Å²) in [5.41, 5.74) is 4.49. The molecule has 4 rings (SSSR count). The number of nitrogens with zero attached hydrogens (tertiary/aromatic N) is 1. The molecule has 164 valence electrons. The Kier molecular flexibility index (Phi) is 6.62. The molecule has 0 bridgehead atoms. The molecule has 0 fully saturated rings. The fraction of sp³-hybridized carbons (Fsp3) is 0.0800. The van der Waals surface area contributed by atoms with Crippen molar-refractivity contribution in [2.24, 2.45) is 0 Å². The minimum absolute atomic E-state index is 0.627. The van der Waals surface area contributed by atoms with E-state index >= 15 is 0 Å². The Morgan fingerprint density at radius 1 is 0.719 bits per heavy atom. The maximum Gasteiger partial charge on any atom is 0.148 e. The topological polar surface area (TPSA) is 81.7 Å². The number of para-hydroxylation sites is 1. The second-order valence-electron chi connectivity index (χ2n) is 7.33. The molecule has 1 aliphatic rings. The van der Waals surface area contributed by atoms with Crippen molar-refractivity contribution in [1.82, 2.24) is 0 Å². The van der Waals surface area contributed by atoms with Crippen LogP contribution in [0, 0.1) is 10.2 Å². The average molecular weight is 468 g/mol. The van der Waals surface area contributed by atoms with Crippen LogP contribution in [-0.2, 0) is 3.74 Å². The predicted octanol–water partition coefficient (Wildman–Crippen LogP) is 2.51. The summed E-state index contributed by atoms with van der Waals surface area (Å²) in [5.74, 6) is 0. The molecule has 0 saturated heterocycles. The van der Waals surface area contributed by atoms with E-state index in [0.717, 1.165) is 28.0 Å². The maximum atomic E-state index is 11.7. The van der Waals surface area contributed by atoms with Crippen LogP contribution >= 0.6 is 10.8 Å². The van der Waals surface area contributed by atoms with Gasteiger partial charge in [0.05, 0.1) is 20.0 Å². The first-order chi connectivity index (χ1) is 15.3. The molecular weight excluding hydrogens is 446 g/mol. The van der Waals surface area contributed by atoms with Crippen molar-refractivity contribution in [1.29, 1.82) is 0 Å². The minimum atomic E-state index is -4.64. The summed E-state index contributed by atoms with van der Waals surface area (Å²) in [7, 11) is -2.12. The van der Waals surface area contributed by atoms with Gasteiger partial charge in [-0.05, 0) is 34.9 Å². The number of hydrogen-bond acceptors (Lipinski definition) is 5. The summed E-state index contributed by atoms with van der Waals surface area (Å²) in [6.07, 6.45) is 3.82. The predicted molar refractivity (Wildman–Crippen MR) is 122 cm³/mol. The standard InChI is InChI=1S/C25H22ClNO4S/c1-27(2)23-16-10-9-15-22(23)21-17-24(19-11-5-3-6-12-19)32(31-26(28,29)30)25(18-21)20-13-7-4-8-14-20/h3-18H,1-2H3. The molecule has 0 radical (unpaired) electrons. The maximum absolute atomic E-state index is 11.7. The van der Waals surface area contributed by atoms with Crippen LogP contribution in [0.15, 0.2) is 97.1 Å². The van der Waals surface area contributed by atoms with E-state index in [-0.39, 0.29) is 0 Å². The van der Waals surface area contributed by atoms with Gasteiger partial charge in [0, 0.05) is 25.3 Å². The van der Waals surface area contributed by atoms with Gasteiger partial charge in [0.25, 0.3) is 0 Å². The lowest BCUT2D eigenvalue weighted by molar-refractivity contribution is -1.91. The highest BCUT2D eigenvalue weighted by molar-refractivity contribution is 8.20. The van der Waals surface area contributed by atoms with Gasteiger partial charge in [-0.15, -0.1) is 0 Å². The quantitative estimate of drug-likeness (QED) is 0.520. The van der Waals surface area contributed by atoms with Crippen molar-refractivity contribution in [2.45, 2.75) is 0 Å². The first kappa shape index (κ1) is 22.5. The van der Waals surface area contributed by atoms with Crippen molar-refractivity contribution < 1.29 is 28.0 Å². The molecule has 7 heteroatoms. The lowest BCUT2D eigenvalue weighted by atomic mass is 9.98. The molecule has 1 aliphatic heterocycles. The zero-order chi connectivity index (χ0) is 22.7. The van der Waals surface area contributed by atoms with Crippen molar-refractivity contribution in [3.05, 3.63) is 114 Å². The Balaban J connectivity index is 2.02. The van der Waals surface area contributed by atoms with Crippen LogP contribution in [0.2, 0.25) is 0 Å². The van der Waals surface area contributed by atoms with Crippen LogP contribution < -0.4 is 18.9 Å². The first-order valence-electron chi connectivity index (χ1n) is 9.86. The van der Waals surface area contributed by atoms with Gasteiger partial charge >= 0.3 is 0 Å². The van der Waals surface area contributed by atoms with Gasteiger partial charge in [-0.25, -0.2) is 0 Å². The molecule has 0 saturated carbocycles. The van der Waals surface area contributed by atoms with Crippen molar-refractivity contribution >= 4 is 31.8 Å². The third-order valence-electron chi connectivity index (χ3n) is 4.93. The molecule has 1 unspecified atom stereocenters. The highest BCUT2D eigenvalue weighted by Crippen LogP contribution is 2.45. The zero-order valence-electron chi connectivity index (χ0n) is 17.6. The van der Waals surface area contributed by atoms with E-state index in [9.17, 15) is 14.0 Å². The zero-order valence-corrected chi connectivity index (χ0v) is 19.2. The molecule has 0 spiro atoms. The second kappa shape index (κ2) is 9.42. The van der Waals surface area contributed by atoms with E-state index in [4.69, 9.17) is 3.74 Å². The Morgan fingerprint density at radius 2 is 1.28 bits per heavy atom. The Labute approximate surface area is 192 Å². The number of benzene rings is 3. The number of rotatable bonds is 6. The van der Waals surface area contributed by atoms with Crippen molar-refractivity contribution in [2.75, 3.05) is 19.0 Å². The highest BCUT2D eigenvalue weighted by atomic mass is 35.7. The van der Waals surface area contributed by atoms with E-state index in [1.807, 2.05) is 116 Å². The summed E-state index contributed by atoms with van der Waals surface area (Å²) in [6.45, 7) is 0. The van der Waals surface area contributed by atoms with Gasteiger partial charge in [-0.3, -0.25) is 0 Å². The Morgan fingerprint density at radius 3 is 1.88 bits per heavy atom. The molecule has 3 aromatic carbocycles. The Bertz CT molecular complexity index is 1200. The SMILES string of the molecule is CN(C)c1ccccc1C1=CC(c2ccccc2)=S(O[Cl+3]([O-])([O-])[O-])C(c2ccccc2)=C1. The molecule has 5 nitrogen and oxygen atoms in total. The molecular formula is C25H22ClNO4S. The van der Waals surface area contributed by atoms with Gasteiger partial charge in [-0.1, -0.05) is 78.9 Å². The lowest BCUT2D eigenvalue weighted by Crippen LogP contribution is -2.60. The van der Waals surface area contributed by atoms with Gasteiger partial charge in [0.1, 0.15) is 14.5 Å². The van der Waals surface area contributed by atoms with E-state index in [1.165, 1.54) is 0 Å². The number of hydrogen-bond donors (Lipinski definition) is 0. The van der Waals surface area contributed by atoms with Crippen LogP contribution in [0.5, 0.6) is 0 Å². The summed E-state index contributed by atoms with van der Waals surface area (Å²) in [5, 5.41) is 0. The first-order valence-corrected chi connectivity index (χ1v) is 12.2. The molecule has 32 heavy (non-hydrogen) atoms. The van der Waals surface area contributed by atoms with Crippen LogP contribution in [0.1, 0.15) is 16.7 Å². The number of allylic oxidation sites excluding steroid dienone is 3. The third kappa shape index (κ3) is 5.02. The van der Waals surface area contributed by atoms with Crippen LogP contribution in [0.4, 0.5) is 5.69 Å². The molecule has 0 N–H and O–H groups in total. The molecule has 0 aromatic heterocycles. The van der Waals surface area contributed by atoms with Crippen LogP contribution in [0.3, 0.4) is 0 Å². The van der Waals surface area contributed by atoms with E-state index < -0.39 is 21.0 Å². The minimum Gasteiger partial charge on any atom is -0.377 e. The van der Waals surface area contributed by atoms with Crippen molar-refractivity contribution in [3.63, 3.8) is 0 Å². The lowest BCUT2D eigenvalue weighted by Gasteiger charge is -2.24. The van der Waals surface area contributed by atoms with Gasteiger partial charge in [-0.2, -0.15) is 14.0 Å². The van der Waals surface area contributed by atoms with Gasteiger partial charge < -0.3 is 4.90 Å². The average Bonchev–Trinajstić information content (AvgIpc) is 2.79. The molecule has 1 atom stereocenters. The van der Waals surface area contributed by atoms with Crippen LogP contribution in [0.25, 0.3) is 10.5 Å².